The van der Waals surface area contributed by atoms with Gasteiger partial charge in [0, 0.05) is 34.0 Å². The molecule has 0 bridgehead atoms. The van der Waals surface area contributed by atoms with Crippen LogP contribution in [0.3, 0.4) is 0 Å². The molecule has 0 saturated carbocycles. The van der Waals surface area contributed by atoms with Gasteiger partial charge in [0.2, 0.25) is 0 Å². The zero-order valence-electron chi connectivity index (χ0n) is 9.83. The molecular formula is C14H13BrClNS. The lowest BCUT2D eigenvalue weighted by Crippen LogP contribution is -2.29. The lowest BCUT2D eigenvalue weighted by molar-refractivity contribution is 0.247. The summed E-state index contributed by atoms with van der Waals surface area (Å²) in [6.07, 6.45) is 1.17. The molecular weight excluding hydrogens is 330 g/mol. The van der Waals surface area contributed by atoms with Gasteiger partial charge in [0.1, 0.15) is 0 Å². The van der Waals surface area contributed by atoms with Crippen molar-refractivity contribution in [2.24, 2.45) is 0 Å². The van der Waals surface area contributed by atoms with Crippen LogP contribution in [0, 0.1) is 0 Å². The maximum atomic E-state index is 6.27. The number of benzene rings is 1. The molecule has 1 aromatic heterocycles. The highest BCUT2D eigenvalue weighted by Crippen LogP contribution is 2.27. The molecule has 0 N–H and O–H groups in total. The van der Waals surface area contributed by atoms with Crippen molar-refractivity contribution in [3.63, 3.8) is 0 Å². The maximum absolute atomic E-state index is 6.27. The van der Waals surface area contributed by atoms with E-state index in [1.54, 1.807) is 4.88 Å². The van der Waals surface area contributed by atoms with Gasteiger partial charge in [-0.1, -0.05) is 33.6 Å². The molecule has 0 unspecified atom stereocenters. The highest BCUT2D eigenvalue weighted by Gasteiger charge is 2.17. The van der Waals surface area contributed by atoms with Gasteiger partial charge in [-0.05, 0) is 41.1 Å². The standard InChI is InChI=1S/C14H13BrClNS/c15-12-2-1-10(13(16)7-12)8-17-5-3-14-11(9-17)4-6-18-14/h1-2,4,6-7H,3,5,8-9H2. The molecule has 1 aromatic carbocycles. The van der Waals surface area contributed by atoms with E-state index in [4.69, 9.17) is 11.6 Å². The third kappa shape index (κ3) is 2.64. The molecule has 1 aliphatic heterocycles. The summed E-state index contributed by atoms with van der Waals surface area (Å²) in [4.78, 5) is 4.01. The Morgan fingerprint density at radius 2 is 2.22 bits per heavy atom. The maximum Gasteiger partial charge on any atom is 0.0462 e. The summed E-state index contributed by atoms with van der Waals surface area (Å²) in [5.41, 5.74) is 2.69. The van der Waals surface area contributed by atoms with Crippen LogP contribution >= 0.6 is 38.9 Å². The first-order valence-electron chi connectivity index (χ1n) is 5.94. The monoisotopic (exact) mass is 341 g/mol. The third-order valence-corrected chi connectivity index (χ3v) is 5.16. The SMILES string of the molecule is Clc1cc(Br)ccc1CN1CCc2sccc2C1. The van der Waals surface area contributed by atoms with E-state index < -0.39 is 0 Å². The van der Waals surface area contributed by atoms with Crippen LogP contribution < -0.4 is 0 Å². The zero-order chi connectivity index (χ0) is 12.5. The zero-order valence-corrected chi connectivity index (χ0v) is 13.0. The van der Waals surface area contributed by atoms with Gasteiger partial charge < -0.3 is 0 Å². The average molecular weight is 343 g/mol. The molecule has 2 heterocycles. The van der Waals surface area contributed by atoms with Crippen LogP contribution in [0.1, 0.15) is 16.0 Å². The van der Waals surface area contributed by atoms with Gasteiger partial charge in [-0.3, -0.25) is 4.90 Å². The highest BCUT2D eigenvalue weighted by atomic mass is 79.9. The fourth-order valence-electron chi connectivity index (χ4n) is 2.33. The molecule has 3 rings (SSSR count). The summed E-state index contributed by atoms with van der Waals surface area (Å²) in [7, 11) is 0. The molecule has 1 aliphatic rings. The molecule has 0 amide bonds. The largest absolute Gasteiger partial charge is 0.294 e. The summed E-state index contributed by atoms with van der Waals surface area (Å²) >= 11 is 11.6. The Morgan fingerprint density at radius 3 is 3.06 bits per heavy atom. The van der Waals surface area contributed by atoms with E-state index in [9.17, 15) is 0 Å². The van der Waals surface area contributed by atoms with E-state index in [2.05, 4.69) is 44.4 Å². The van der Waals surface area contributed by atoms with Crippen molar-refractivity contribution in [3.8, 4) is 0 Å². The predicted molar refractivity (Wildman–Crippen MR) is 81.3 cm³/mol. The van der Waals surface area contributed by atoms with Crippen molar-refractivity contribution in [2.75, 3.05) is 6.54 Å². The van der Waals surface area contributed by atoms with E-state index in [0.29, 0.717) is 0 Å². The fourth-order valence-corrected chi connectivity index (χ4v) is 3.96. The molecule has 0 radical (unpaired) electrons. The van der Waals surface area contributed by atoms with E-state index in [1.165, 1.54) is 17.5 Å². The van der Waals surface area contributed by atoms with Gasteiger partial charge in [-0.15, -0.1) is 11.3 Å². The number of nitrogens with zero attached hydrogens (tertiary/aromatic N) is 1. The topological polar surface area (TPSA) is 3.24 Å². The van der Waals surface area contributed by atoms with Crippen LogP contribution in [-0.4, -0.2) is 11.4 Å². The Balaban J connectivity index is 1.74. The highest BCUT2D eigenvalue weighted by molar-refractivity contribution is 9.10. The Labute approximate surface area is 125 Å². The summed E-state index contributed by atoms with van der Waals surface area (Å²) in [6, 6.07) is 8.38. The summed E-state index contributed by atoms with van der Waals surface area (Å²) < 4.78 is 1.04. The third-order valence-electron chi connectivity index (χ3n) is 3.30. The second-order valence-electron chi connectivity index (χ2n) is 4.57. The Hall–Kier alpha value is -0.350. The normalized spacial score (nSPS) is 15.7. The molecule has 94 valence electrons. The molecule has 18 heavy (non-hydrogen) atoms. The second kappa shape index (κ2) is 5.33. The van der Waals surface area contributed by atoms with Gasteiger partial charge >= 0.3 is 0 Å². The van der Waals surface area contributed by atoms with Gasteiger partial charge in [-0.2, -0.15) is 0 Å². The molecule has 4 heteroatoms. The van der Waals surface area contributed by atoms with Crippen molar-refractivity contribution >= 4 is 38.9 Å². The smallest absolute Gasteiger partial charge is 0.0462 e. The van der Waals surface area contributed by atoms with Crippen molar-refractivity contribution in [3.05, 3.63) is 55.1 Å². The van der Waals surface area contributed by atoms with Crippen molar-refractivity contribution in [1.29, 1.82) is 0 Å². The quantitative estimate of drug-likeness (QED) is 0.763. The minimum atomic E-state index is 0.848. The van der Waals surface area contributed by atoms with Gasteiger partial charge in [0.25, 0.3) is 0 Å². The number of halogens is 2. The number of hydrogen-bond donors (Lipinski definition) is 0. The molecule has 0 aliphatic carbocycles. The van der Waals surface area contributed by atoms with E-state index in [1.807, 2.05) is 17.4 Å². The van der Waals surface area contributed by atoms with Gasteiger partial charge in [0.05, 0.1) is 0 Å². The van der Waals surface area contributed by atoms with Gasteiger partial charge in [0.15, 0.2) is 0 Å². The molecule has 2 aromatic rings. The van der Waals surface area contributed by atoms with Crippen molar-refractivity contribution in [2.45, 2.75) is 19.5 Å². The minimum absolute atomic E-state index is 0.848. The number of fused-ring (bicyclic) bond motifs is 1. The van der Waals surface area contributed by atoms with Crippen LogP contribution in [-0.2, 0) is 19.5 Å². The first kappa shape index (κ1) is 12.7. The average Bonchev–Trinajstić information content (AvgIpc) is 2.80. The Kier molecular flexibility index (Phi) is 3.76. The number of thiophene rings is 1. The van der Waals surface area contributed by atoms with E-state index in [0.717, 1.165) is 29.1 Å². The Bertz CT molecular complexity index is 567. The first-order chi connectivity index (χ1) is 8.72. The minimum Gasteiger partial charge on any atom is -0.294 e. The molecule has 0 spiro atoms. The molecule has 1 nitrogen and oxygen atoms in total. The Morgan fingerprint density at radius 1 is 1.33 bits per heavy atom. The molecule has 0 atom stereocenters. The van der Waals surface area contributed by atoms with E-state index >= 15 is 0 Å². The number of hydrogen-bond acceptors (Lipinski definition) is 2. The van der Waals surface area contributed by atoms with Crippen LogP contribution in [0.4, 0.5) is 0 Å². The van der Waals surface area contributed by atoms with Crippen LogP contribution in [0.15, 0.2) is 34.1 Å². The van der Waals surface area contributed by atoms with Crippen molar-refractivity contribution in [1.82, 2.24) is 4.90 Å². The van der Waals surface area contributed by atoms with Crippen LogP contribution in [0.25, 0.3) is 0 Å². The molecule has 0 saturated heterocycles. The summed E-state index contributed by atoms with van der Waals surface area (Å²) in [5, 5.41) is 3.04. The van der Waals surface area contributed by atoms with Crippen molar-refractivity contribution < 1.29 is 0 Å². The summed E-state index contributed by atoms with van der Waals surface area (Å²) in [6.45, 7) is 3.10. The fraction of sp³-hybridized carbons (Fsp3) is 0.286. The lowest BCUT2D eigenvalue weighted by atomic mass is 10.1. The van der Waals surface area contributed by atoms with Crippen LogP contribution in [0.2, 0.25) is 5.02 Å². The van der Waals surface area contributed by atoms with E-state index in [-0.39, 0.29) is 0 Å². The first-order valence-corrected chi connectivity index (χ1v) is 7.99. The van der Waals surface area contributed by atoms with Gasteiger partial charge in [-0.25, -0.2) is 0 Å². The lowest BCUT2D eigenvalue weighted by Gasteiger charge is -2.27. The summed E-state index contributed by atoms with van der Waals surface area (Å²) in [5.74, 6) is 0. The molecule has 0 fully saturated rings. The van der Waals surface area contributed by atoms with Crippen LogP contribution in [0.5, 0.6) is 0 Å². The predicted octanol–water partition coefficient (Wildman–Crippen LogP) is 4.72. The second-order valence-corrected chi connectivity index (χ2v) is 6.89. The number of rotatable bonds is 2.